The number of rotatable bonds is 4. The van der Waals surface area contributed by atoms with Gasteiger partial charge >= 0.3 is 0 Å². The van der Waals surface area contributed by atoms with Gasteiger partial charge in [-0.1, -0.05) is 6.42 Å². The third-order valence-corrected chi connectivity index (χ3v) is 5.20. The van der Waals surface area contributed by atoms with Crippen molar-refractivity contribution in [2.24, 2.45) is 17.8 Å². The molecule has 21 heavy (non-hydrogen) atoms. The Balaban J connectivity index is 1.70. The lowest BCUT2D eigenvalue weighted by molar-refractivity contribution is 0.0911. The summed E-state index contributed by atoms with van der Waals surface area (Å²) < 4.78 is 18.5. The van der Waals surface area contributed by atoms with Crippen molar-refractivity contribution >= 4 is 5.91 Å². The molecule has 1 N–H and O–H groups in total. The number of benzene rings is 1. The highest BCUT2D eigenvalue weighted by molar-refractivity contribution is 5.97. The zero-order valence-electron chi connectivity index (χ0n) is 12.6. The Bertz CT molecular complexity index is 546. The Kier molecular flexibility index (Phi) is 3.87. The molecule has 2 saturated carbocycles. The lowest BCUT2D eigenvalue weighted by atomic mass is 9.84. The fourth-order valence-electron chi connectivity index (χ4n) is 4.16. The van der Waals surface area contributed by atoms with Crippen LogP contribution in [0.1, 0.15) is 43.0 Å². The molecule has 2 aliphatic rings. The maximum atomic E-state index is 13.4. The number of hydrogen-bond donors (Lipinski definition) is 1. The molecule has 1 aromatic rings. The molecule has 0 aromatic heterocycles. The van der Waals surface area contributed by atoms with Gasteiger partial charge in [0, 0.05) is 6.04 Å². The summed E-state index contributed by atoms with van der Waals surface area (Å²) >= 11 is 0. The summed E-state index contributed by atoms with van der Waals surface area (Å²) in [7, 11) is 1.49. The van der Waals surface area contributed by atoms with Gasteiger partial charge in [-0.05, 0) is 62.1 Å². The van der Waals surface area contributed by atoms with Crippen molar-refractivity contribution in [2.75, 3.05) is 7.11 Å². The number of carbonyl (C=O) groups is 1. The third-order valence-electron chi connectivity index (χ3n) is 5.20. The highest BCUT2D eigenvalue weighted by Crippen LogP contribution is 2.49. The molecule has 2 bridgehead atoms. The summed E-state index contributed by atoms with van der Waals surface area (Å²) in [6.45, 7) is 2.06. The van der Waals surface area contributed by atoms with Gasteiger partial charge in [0.25, 0.3) is 5.91 Å². The second-order valence-corrected chi connectivity index (χ2v) is 6.45. The minimum Gasteiger partial charge on any atom is -0.496 e. The molecular weight excluding hydrogens is 269 g/mol. The van der Waals surface area contributed by atoms with Crippen LogP contribution in [-0.4, -0.2) is 19.1 Å². The molecule has 0 aliphatic heterocycles. The second kappa shape index (κ2) is 5.66. The van der Waals surface area contributed by atoms with E-state index in [9.17, 15) is 9.18 Å². The van der Waals surface area contributed by atoms with Gasteiger partial charge in [-0.25, -0.2) is 4.39 Å². The normalized spacial score (nSPS) is 28.4. The van der Waals surface area contributed by atoms with Crippen LogP contribution in [0.3, 0.4) is 0 Å². The lowest BCUT2D eigenvalue weighted by Crippen LogP contribution is -2.40. The molecule has 0 saturated heterocycles. The van der Waals surface area contributed by atoms with Crippen LogP contribution in [0.25, 0.3) is 0 Å². The van der Waals surface area contributed by atoms with E-state index in [0.29, 0.717) is 11.7 Å². The highest BCUT2D eigenvalue weighted by Gasteiger charge is 2.42. The molecule has 1 aromatic carbocycles. The Morgan fingerprint density at radius 1 is 1.38 bits per heavy atom. The number of nitrogens with one attached hydrogen (secondary N) is 1. The fraction of sp³-hybridized carbons (Fsp3) is 0.588. The van der Waals surface area contributed by atoms with Gasteiger partial charge in [-0.15, -0.1) is 0 Å². The van der Waals surface area contributed by atoms with Crippen molar-refractivity contribution in [3.63, 3.8) is 0 Å². The van der Waals surface area contributed by atoms with Gasteiger partial charge in [0.05, 0.1) is 12.7 Å². The number of hydrogen-bond acceptors (Lipinski definition) is 2. The highest BCUT2D eigenvalue weighted by atomic mass is 19.1. The molecule has 1 amide bonds. The monoisotopic (exact) mass is 291 g/mol. The molecule has 0 heterocycles. The molecule has 3 nitrogen and oxygen atoms in total. The number of methoxy groups -OCH3 is 1. The Morgan fingerprint density at radius 2 is 2.19 bits per heavy atom. The van der Waals surface area contributed by atoms with Crippen LogP contribution in [0.15, 0.2) is 18.2 Å². The zero-order chi connectivity index (χ0) is 15.0. The van der Waals surface area contributed by atoms with Crippen molar-refractivity contribution < 1.29 is 13.9 Å². The summed E-state index contributed by atoms with van der Waals surface area (Å²) in [5, 5.41) is 3.04. The van der Waals surface area contributed by atoms with Crippen LogP contribution < -0.4 is 10.1 Å². The van der Waals surface area contributed by atoms with E-state index < -0.39 is 5.82 Å². The van der Waals surface area contributed by atoms with Gasteiger partial charge < -0.3 is 10.1 Å². The molecular formula is C17H22FNO2. The molecule has 0 spiro atoms. The first-order valence-corrected chi connectivity index (χ1v) is 7.73. The van der Waals surface area contributed by atoms with Crippen molar-refractivity contribution in [2.45, 2.75) is 38.6 Å². The molecule has 3 rings (SSSR count). The zero-order valence-corrected chi connectivity index (χ0v) is 12.6. The maximum absolute atomic E-state index is 13.4. The van der Waals surface area contributed by atoms with Gasteiger partial charge in [0.2, 0.25) is 0 Å². The molecule has 4 unspecified atom stereocenters. The van der Waals surface area contributed by atoms with E-state index in [0.717, 1.165) is 11.8 Å². The van der Waals surface area contributed by atoms with Gasteiger partial charge in [0.15, 0.2) is 0 Å². The van der Waals surface area contributed by atoms with Crippen LogP contribution in [0.5, 0.6) is 5.75 Å². The van der Waals surface area contributed by atoms with Gasteiger partial charge in [-0.3, -0.25) is 4.79 Å². The Labute approximate surface area is 124 Å². The Hall–Kier alpha value is -1.58. The first-order chi connectivity index (χ1) is 10.1. The average molecular weight is 291 g/mol. The molecule has 0 radical (unpaired) electrons. The first kappa shape index (κ1) is 14.4. The number of ether oxygens (including phenoxy) is 1. The summed E-state index contributed by atoms with van der Waals surface area (Å²) in [5.41, 5.74) is 0.271. The summed E-state index contributed by atoms with van der Waals surface area (Å²) in [5.74, 6) is 1.90. The van der Waals surface area contributed by atoms with E-state index in [1.165, 1.54) is 51.0 Å². The number of fused-ring (bicyclic) bond motifs is 2. The molecule has 114 valence electrons. The largest absolute Gasteiger partial charge is 0.496 e. The second-order valence-electron chi connectivity index (χ2n) is 6.45. The summed E-state index contributed by atoms with van der Waals surface area (Å²) in [4.78, 5) is 12.4. The van der Waals surface area contributed by atoms with Crippen molar-refractivity contribution in [1.29, 1.82) is 0 Å². The van der Waals surface area contributed by atoms with E-state index in [1.807, 2.05) is 0 Å². The van der Waals surface area contributed by atoms with Crippen LogP contribution >= 0.6 is 0 Å². The smallest absolute Gasteiger partial charge is 0.255 e. The lowest BCUT2D eigenvalue weighted by Gasteiger charge is -2.28. The van der Waals surface area contributed by atoms with Crippen molar-refractivity contribution in [1.82, 2.24) is 5.32 Å². The van der Waals surface area contributed by atoms with E-state index in [2.05, 4.69) is 12.2 Å². The van der Waals surface area contributed by atoms with E-state index in [1.54, 1.807) is 0 Å². The fourth-order valence-corrected chi connectivity index (χ4v) is 4.16. The SMILES string of the molecule is COc1ccc(F)cc1C(=O)NC(C)C1CC2CCC1C2. The predicted molar refractivity (Wildman–Crippen MR) is 78.8 cm³/mol. The van der Waals surface area contributed by atoms with E-state index >= 15 is 0 Å². The molecule has 4 atom stereocenters. The Morgan fingerprint density at radius 3 is 2.81 bits per heavy atom. The number of halogens is 1. The average Bonchev–Trinajstić information content (AvgIpc) is 3.09. The minimum absolute atomic E-state index is 0.126. The topological polar surface area (TPSA) is 38.3 Å². The van der Waals surface area contributed by atoms with Crippen LogP contribution in [0.4, 0.5) is 4.39 Å². The van der Waals surface area contributed by atoms with Crippen LogP contribution in [0, 0.1) is 23.6 Å². The van der Waals surface area contributed by atoms with Crippen molar-refractivity contribution in [3.05, 3.63) is 29.6 Å². The molecule has 4 heteroatoms. The van der Waals surface area contributed by atoms with E-state index in [-0.39, 0.29) is 17.5 Å². The third kappa shape index (κ3) is 2.76. The standard InChI is InChI=1S/C17H22FNO2/c1-10(14-8-11-3-4-12(14)7-11)19-17(20)15-9-13(18)5-6-16(15)21-2/h5-6,9-12,14H,3-4,7-8H2,1-2H3,(H,19,20). The molecule has 2 fully saturated rings. The number of carbonyl (C=O) groups excluding carboxylic acids is 1. The van der Waals surface area contributed by atoms with Crippen molar-refractivity contribution in [3.8, 4) is 5.75 Å². The predicted octanol–water partition coefficient (Wildman–Crippen LogP) is 3.39. The number of amides is 1. The summed E-state index contributed by atoms with van der Waals surface area (Å²) in [6, 6.07) is 4.16. The van der Waals surface area contributed by atoms with Crippen LogP contribution in [0.2, 0.25) is 0 Å². The minimum atomic E-state index is -0.423. The first-order valence-electron chi connectivity index (χ1n) is 7.73. The summed E-state index contributed by atoms with van der Waals surface area (Å²) in [6.07, 6.45) is 5.17. The van der Waals surface area contributed by atoms with Gasteiger partial charge in [0.1, 0.15) is 11.6 Å². The van der Waals surface area contributed by atoms with Gasteiger partial charge in [-0.2, -0.15) is 0 Å². The van der Waals surface area contributed by atoms with E-state index in [4.69, 9.17) is 4.74 Å². The van der Waals surface area contributed by atoms with Crippen LogP contribution in [-0.2, 0) is 0 Å². The quantitative estimate of drug-likeness (QED) is 0.923. The molecule has 2 aliphatic carbocycles. The maximum Gasteiger partial charge on any atom is 0.255 e.